The Labute approximate surface area is 109 Å². The zero-order valence-electron chi connectivity index (χ0n) is 10.0. The lowest BCUT2D eigenvalue weighted by atomic mass is 10.3. The van der Waals surface area contributed by atoms with Gasteiger partial charge in [-0.15, -0.1) is 4.91 Å². The number of nitroso groups, excluding NO2 is 1. The van der Waals surface area contributed by atoms with E-state index in [0.29, 0.717) is 5.69 Å². The Balaban J connectivity index is 2.32. The molecule has 0 spiro atoms. The van der Waals surface area contributed by atoms with Gasteiger partial charge in [0.25, 0.3) is 0 Å². The Bertz CT molecular complexity index is 522. The summed E-state index contributed by atoms with van der Waals surface area (Å²) in [6.07, 6.45) is 0. The predicted molar refractivity (Wildman–Crippen MR) is 74.4 cm³/mol. The van der Waals surface area contributed by atoms with Crippen LogP contribution in [0, 0.1) is 4.91 Å². The van der Waals surface area contributed by atoms with Crippen molar-refractivity contribution in [1.82, 2.24) is 0 Å². The first-order valence-electron chi connectivity index (χ1n) is 5.68. The molecular weight excluding hydrogens is 246 g/mol. The second-order valence-electron chi connectivity index (χ2n) is 3.76. The first kappa shape index (κ1) is 12.6. The minimum absolute atomic E-state index is 0.0316. The van der Waals surface area contributed by atoms with Crippen LogP contribution >= 0.6 is 0 Å². The van der Waals surface area contributed by atoms with Crippen molar-refractivity contribution in [2.75, 3.05) is 5.75 Å². The lowest BCUT2D eigenvalue weighted by Crippen LogP contribution is -2.05. The standard InChI is InChI=1S/C14H13NO2S/c1-2-18(14-9-5-12(16)6-10-14)13-7-3-11(15-17)4-8-13/h3-10H,2H2,1H3/p+1. The van der Waals surface area contributed by atoms with E-state index in [0.717, 1.165) is 5.75 Å². The van der Waals surface area contributed by atoms with Crippen LogP contribution < -0.4 is 0 Å². The molecule has 0 aliphatic carbocycles. The summed E-state index contributed by atoms with van der Waals surface area (Å²) in [7, 11) is -0.0316. The van der Waals surface area contributed by atoms with Crippen molar-refractivity contribution in [3.05, 3.63) is 53.4 Å². The largest absolute Gasteiger partial charge is 0.508 e. The van der Waals surface area contributed by atoms with E-state index >= 15 is 0 Å². The Hall–Kier alpha value is -1.81. The fourth-order valence-corrected chi connectivity index (χ4v) is 3.62. The fourth-order valence-electron chi connectivity index (χ4n) is 1.75. The number of hydrogen-bond acceptors (Lipinski definition) is 3. The van der Waals surface area contributed by atoms with Crippen molar-refractivity contribution in [2.24, 2.45) is 5.18 Å². The van der Waals surface area contributed by atoms with E-state index < -0.39 is 0 Å². The van der Waals surface area contributed by atoms with Crippen molar-refractivity contribution >= 4 is 16.6 Å². The van der Waals surface area contributed by atoms with Crippen molar-refractivity contribution in [3.63, 3.8) is 0 Å². The van der Waals surface area contributed by atoms with E-state index in [4.69, 9.17) is 0 Å². The van der Waals surface area contributed by atoms with Gasteiger partial charge in [0.1, 0.15) is 17.2 Å². The maximum absolute atomic E-state index is 10.4. The van der Waals surface area contributed by atoms with Crippen molar-refractivity contribution < 1.29 is 5.11 Å². The third-order valence-corrected chi connectivity index (χ3v) is 4.90. The van der Waals surface area contributed by atoms with E-state index in [1.807, 2.05) is 24.3 Å². The molecule has 0 bridgehead atoms. The molecule has 0 aliphatic heterocycles. The average Bonchev–Trinajstić information content (AvgIpc) is 2.42. The van der Waals surface area contributed by atoms with Gasteiger partial charge in [-0.3, -0.25) is 0 Å². The van der Waals surface area contributed by atoms with Crippen LogP contribution in [-0.4, -0.2) is 10.9 Å². The van der Waals surface area contributed by atoms with Gasteiger partial charge in [0, 0.05) is 0 Å². The van der Waals surface area contributed by atoms with Crippen LogP contribution in [0.4, 0.5) is 5.69 Å². The first-order valence-corrected chi connectivity index (χ1v) is 7.07. The molecule has 0 heterocycles. The van der Waals surface area contributed by atoms with Gasteiger partial charge in [-0.25, -0.2) is 0 Å². The molecule has 0 saturated heterocycles. The minimum Gasteiger partial charge on any atom is -0.508 e. The lowest BCUT2D eigenvalue weighted by molar-refractivity contribution is 0.475. The van der Waals surface area contributed by atoms with E-state index in [1.54, 1.807) is 24.3 Å². The molecule has 0 aromatic heterocycles. The highest BCUT2D eigenvalue weighted by atomic mass is 32.2. The van der Waals surface area contributed by atoms with Gasteiger partial charge in [0.2, 0.25) is 0 Å². The first-order chi connectivity index (χ1) is 8.74. The summed E-state index contributed by atoms with van der Waals surface area (Å²) in [6.45, 7) is 2.13. The van der Waals surface area contributed by atoms with Crippen LogP contribution in [0.2, 0.25) is 0 Å². The number of aromatic hydroxyl groups is 1. The second-order valence-corrected chi connectivity index (χ2v) is 6.06. The predicted octanol–water partition coefficient (Wildman–Crippen LogP) is 3.85. The summed E-state index contributed by atoms with van der Waals surface area (Å²) >= 11 is 0. The minimum atomic E-state index is -0.0316. The van der Waals surface area contributed by atoms with Crippen molar-refractivity contribution in [2.45, 2.75) is 16.7 Å². The van der Waals surface area contributed by atoms with Gasteiger partial charge in [0.15, 0.2) is 9.79 Å². The van der Waals surface area contributed by atoms with E-state index in [9.17, 15) is 10.0 Å². The molecule has 1 unspecified atom stereocenters. The summed E-state index contributed by atoms with van der Waals surface area (Å²) in [6, 6.07) is 14.6. The van der Waals surface area contributed by atoms with E-state index in [2.05, 4.69) is 12.1 Å². The van der Waals surface area contributed by atoms with Crippen LogP contribution in [0.15, 0.2) is 63.5 Å². The number of phenolic OH excluding ortho intramolecular Hbond substituents is 1. The molecule has 2 aromatic carbocycles. The van der Waals surface area contributed by atoms with E-state index in [1.165, 1.54) is 9.79 Å². The number of phenols is 1. The van der Waals surface area contributed by atoms with Crippen LogP contribution in [0.3, 0.4) is 0 Å². The van der Waals surface area contributed by atoms with Crippen LogP contribution in [-0.2, 0) is 10.9 Å². The summed E-state index contributed by atoms with van der Waals surface area (Å²) in [5, 5.41) is 12.2. The van der Waals surface area contributed by atoms with E-state index in [-0.39, 0.29) is 16.6 Å². The molecule has 4 heteroatoms. The summed E-state index contributed by atoms with van der Waals surface area (Å²) in [5.41, 5.74) is 0.448. The molecule has 0 aliphatic rings. The zero-order chi connectivity index (χ0) is 13.0. The second kappa shape index (κ2) is 5.69. The normalized spacial score (nSPS) is 12.1. The number of benzene rings is 2. The van der Waals surface area contributed by atoms with Crippen molar-refractivity contribution in [1.29, 1.82) is 0 Å². The third kappa shape index (κ3) is 2.71. The Morgan fingerprint density at radius 2 is 1.50 bits per heavy atom. The molecule has 0 saturated carbocycles. The smallest absolute Gasteiger partial charge is 0.160 e. The number of nitrogens with zero attached hydrogens (tertiary/aromatic N) is 1. The molecule has 3 nitrogen and oxygen atoms in total. The highest BCUT2D eigenvalue weighted by Gasteiger charge is 2.22. The highest BCUT2D eigenvalue weighted by Crippen LogP contribution is 2.26. The third-order valence-electron chi connectivity index (χ3n) is 2.64. The van der Waals surface area contributed by atoms with Crippen LogP contribution in [0.5, 0.6) is 5.75 Å². The molecule has 0 radical (unpaired) electrons. The Morgan fingerprint density at radius 3 is 1.94 bits per heavy atom. The van der Waals surface area contributed by atoms with Crippen LogP contribution in [0.25, 0.3) is 0 Å². The Morgan fingerprint density at radius 1 is 1.00 bits per heavy atom. The van der Waals surface area contributed by atoms with Gasteiger partial charge in [0.05, 0.1) is 10.9 Å². The van der Waals surface area contributed by atoms with Crippen LogP contribution in [0.1, 0.15) is 6.92 Å². The molecule has 1 atom stereocenters. The van der Waals surface area contributed by atoms with Crippen molar-refractivity contribution in [3.8, 4) is 5.75 Å². The lowest BCUT2D eigenvalue weighted by Gasteiger charge is -2.05. The van der Waals surface area contributed by atoms with Gasteiger partial charge >= 0.3 is 0 Å². The van der Waals surface area contributed by atoms with Gasteiger partial charge in [-0.05, 0) is 60.6 Å². The van der Waals surface area contributed by atoms with Gasteiger partial charge < -0.3 is 5.11 Å². The molecule has 0 fully saturated rings. The summed E-state index contributed by atoms with van der Waals surface area (Å²) in [4.78, 5) is 12.7. The summed E-state index contributed by atoms with van der Waals surface area (Å²) in [5.74, 6) is 1.26. The molecule has 92 valence electrons. The number of rotatable bonds is 4. The van der Waals surface area contributed by atoms with Gasteiger partial charge in [-0.2, -0.15) is 0 Å². The molecule has 1 N–H and O–H groups in total. The maximum Gasteiger partial charge on any atom is 0.160 e. The topological polar surface area (TPSA) is 49.7 Å². The molecule has 18 heavy (non-hydrogen) atoms. The molecule has 2 rings (SSSR count). The molecular formula is C14H14NO2S+. The molecule has 2 aromatic rings. The quantitative estimate of drug-likeness (QED) is 0.670. The maximum atomic E-state index is 10.4. The van der Waals surface area contributed by atoms with Gasteiger partial charge in [-0.1, -0.05) is 0 Å². The Kier molecular flexibility index (Phi) is 3.99. The zero-order valence-corrected chi connectivity index (χ0v) is 10.9. The monoisotopic (exact) mass is 260 g/mol. The fraction of sp³-hybridized carbons (Fsp3) is 0.143. The highest BCUT2D eigenvalue weighted by molar-refractivity contribution is 7.97. The summed E-state index contributed by atoms with van der Waals surface area (Å²) < 4.78 is 0. The average molecular weight is 260 g/mol. The number of hydrogen-bond donors (Lipinski definition) is 1. The SMILES string of the molecule is CC[S+](c1ccc(O)cc1)c1ccc(N=O)cc1. The molecule has 0 amide bonds.